The molecule has 21 heavy (non-hydrogen) atoms. The van der Waals surface area contributed by atoms with Crippen molar-refractivity contribution in [1.29, 1.82) is 0 Å². The maximum absolute atomic E-state index is 11.9. The Morgan fingerprint density at radius 1 is 1.14 bits per heavy atom. The van der Waals surface area contributed by atoms with E-state index in [-0.39, 0.29) is 11.8 Å². The maximum atomic E-state index is 11.9. The molecule has 0 saturated heterocycles. The lowest BCUT2D eigenvalue weighted by Crippen LogP contribution is -2.22. The highest BCUT2D eigenvalue weighted by atomic mass is 16.1. The Labute approximate surface area is 125 Å². The second-order valence-corrected chi connectivity index (χ2v) is 4.99. The second kappa shape index (κ2) is 6.84. The summed E-state index contributed by atoms with van der Waals surface area (Å²) in [4.78, 5) is 22.8. The van der Waals surface area contributed by atoms with Crippen LogP contribution in [-0.4, -0.2) is 18.7 Å². The summed E-state index contributed by atoms with van der Waals surface area (Å²) in [7, 11) is 0. The summed E-state index contributed by atoms with van der Waals surface area (Å²) < 4.78 is 0. The van der Waals surface area contributed by atoms with E-state index in [0.29, 0.717) is 12.1 Å². The number of carbonyl (C=O) groups is 2. The van der Waals surface area contributed by atoms with Crippen LogP contribution < -0.4 is 5.32 Å². The lowest BCUT2D eigenvalue weighted by molar-refractivity contribution is -0.108. The summed E-state index contributed by atoms with van der Waals surface area (Å²) in [6, 6.07) is 15.4. The van der Waals surface area contributed by atoms with Crippen LogP contribution in [0.15, 0.2) is 48.5 Å². The van der Waals surface area contributed by atoms with Gasteiger partial charge in [0, 0.05) is 18.0 Å². The summed E-state index contributed by atoms with van der Waals surface area (Å²) in [5, 5.41) is 2.79. The van der Waals surface area contributed by atoms with E-state index in [0.717, 1.165) is 23.0 Å². The molecule has 1 N–H and O–H groups in total. The number of carbonyl (C=O) groups excluding carboxylic acids is 2. The molecular formula is C18H19NO2. The van der Waals surface area contributed by atoms with Crippen molar-refractivity contribution in [3.05, 3.63) is 59.7 Å². The first kappa shape index (κ1) is 15.0. The SMILES string of the molecule is CCNC(=O)c1cccc(-c2cccc(C(C)C=O)c2)c1. The van der Waals surface area contributed by atoms with E-state index in [2.05, 4.69) is 5.32 Å². The van der Waals surface area contributed by atoms with E-state index in [4.69, 9.17) is 0 Å². The van der Waals surface area contributed by atoms with Crippen LogP contribution in [0.3, 0.4) is 0 Å². The number of hydrogen-bond donors (Lipinski definition) is 1. The zero-order valence-corrected chi connectivity index (χ0v) is 12.3. The summed E-state index contributed by atoms with van der Waals surface area (Å²) >= 11 is 0. The molecule has 0 radical (unpaired) electrons. The normalized spacial score (nSPS) is 11.7. The van der Waals surface area contributed by atoms with Gasteiger partial charge in [-0.2, -0.15) is 0 Å². The molecule has 0 fully saturated rings. The zero-order valence-electron chi connectivity index (χ0n) is 12.3. The maximum Gasteiger partial charge on any atom is 0.251 e. The number of aldehydes is 1. The van der Waals surface area contributed by atoms with E-state index >= 15 is 0 Å². The van der Waals surface area contributed by atoms with Gasteiger partial charge in [0.1, 0.15) is 6.29 Å². The number of hydrogen-bond acceptors (Lipinski definition) is 2. The van der Waals surface area contributed by atoms with Crippen molar-refractivity contribution in [2.45, 2.75) is 19.8 Å². The Morgan fingerprint density at radius 3 is 2.48 bits per heavy atom. The fourth-order valence-electron chi connectivity index (χ4n) is 2.18. The van der Waals surface area contributed by atoms with Crippen molar-refractivity contribution < 1.29 is 9.59 Å². The van der Waals surface area contributed by atoms with Crippen LogP contribution in [0.2, 0.25) is 0 Å². The average Bonchev–Trinajstić information content (AvgIpc) is 2.54. The minimum absolute atomic E-state index is 0.0724. The van der Waals surface area contributed by atoms with Gasteiger partial charge in [-0.1, -0.05) is 43.3 Å². The third-order valence-corrected chi connectivity index (χ3v) is 3.41. The monoisotopic (exact) mass is 281 g/mol. The number of amides is 1. The third kappa shape index (κ3) is 3.57. The van der Waals surface area contributed by atoms with Gasteiger partial charge in [0.2, 0.25) is 0 Å². The first-order valence-corrected chi connectivity index (χ1v) is 7.09. The fraction of sp³-hybridized carbons (Fsp3) is 0.222. The molecule has 1 amide bonds. The Hall–Kier alpha value is -2.42. The molecule has 2 rings (SSSR count). The van der Waals surface area contributed by atoms with Gasteiger partial charge in [-0.25, -0.2) is 0 Å². The van der Waals surface area contributed by atoms with Crippen molar-refractivity contribution in [1.82, 2.24) is 5.32 Å². The quantitative estimate of drug-likeness (QED) is 0.854. The lowest BCUT2D eigenvalue weighted by Gasteiger charge is -2.09. The van der Waals surface area contributed by atoms with Gasteiger partial charge in [-0.15, -0.1) is 0 Å². The first-order valence-electron chi connectivity index (χ1n) is 7.09. The summed E-state index contributed by atoms with van der Waals surface area (Å²) in [5.74, 6) is -0.201. The highest BCUT2D eigenvalue weighted by Crippen LogP contribution is 2.24. The largest absolute Gasteiger partial charge is 0.352 e. The van der Waals surface area contributed by atoms with Crippen molar-refractivity contribution in [2.75, 3.05) is 6.54 Å². The van der Waals surface area contributed by atoms with E-state index in [1.54, 1.807) is 6.07 Å². The Bertz CT molecular complexity index is 649. The van der Waals surface area contributed by atoms with Gasteiger partial charge in [-0.3, -0.25) is 4.79 Å². The molecule has 108 valence electrons. The molecule has 0 aliphatic heterocycles. The zero-order chi connectivity index (χ0) is 15.2. The lowest BCUT2D eigenvalue weighted by atomic mass is 9.96. The van der Waals surface area contributed by atoms with Crippen LogP contribution >= 0.6 is 0 Å². The standard InChI is InChI=1S/C18H19NO2/c1-3-19-18(21)17-9-5-8-16(11-17)15-7-4-6-14(10-15)13(2)12-20/h4-13H,3H2,1-2H3,(H,19,21). The van der Waals surface area contributed by atoms with Crippen molar-refractivity contribution in [2.24, 2.45) is 0 Å². The van der Waals surface area contributed by atoms with Crippen LogP contribution in [-0.2, 0) is 4.79 Å². The summed E-state index contributed by atoms with van der Waals surface area (Å²) in [6.45, 7) is 4.37. The van der Waals surface area contributed by atoms with Crippen molar-refractivity contribution >= 4 is 12.2 Å². The molecule has 0 aromatic heterocycles. The van der Waals surface area contributed by atoms with Crippen LogP contribution in [0.25, 0.3) is 11.1 Å². The van der Waals surface area contributed by atoms with Crippen molar-refractivity contribution in [3.8, 4) is 11.1 Å². The smallest absolute Gasteiger partial charge is 0.251 e. The van der Waals surface area contributed by atoms with Gasteiger partial charge in [-0.05, 0) is 35.7 Å². The minimum atomic E-state index is -0.128. The highest BCUT2D eigenvalue weighted by molar-refractivity contribution is 5.95. The molecule has 0 aliphatic rings. The molecule has 0 heterocycles. The molecule has 1 atom stereocenters. The summed E-state index contributed by atoms with van der Waals surface area (Å²) in [6.07, 6.45) is 0.935. The average molecular weight is 281 g/mol. The molecule has 1 unspecified atom stereocenters. The Kier molecular flexibility index (Phi) is 4.88. The van der Waals surface area contributed by atoms with Gasteiger partial charge in [0.15, 0.2) is 0 Å². The molecule has 0 aliphatic carbocycles. The van der Waals surface area contributed by atoms with Crippen LogP contribution in [0.1, 0.15) is 35.7 Å². The summed E-state index contributed by atoms with van der Waals surface area (Å²) in [5.41, 5.74) is 3.60. The molecule has 0 bridgehead atoms. The number of rotatable bonds is 5. The van der Waals surface area contributed by atoms with E-state index in [1.165, 1.54) is 0 Å². The molecule has 3 heteroatoms. The predicted molar refractivity (Wildman–Crippen MR) is 84.4 cm³/mol. The van der Waals surface area contributed by atoms with Crippen LogP contribution in [0.4, 0.5) is 0 Å². The fourth-order valence-corrected chi connectivity index (χ4v) is 2.18. The van der Waals surface area contributed by atoms with Gasteiger partial charge in [0.25, 0.3) is 5.91 Å². The topological polar surface area (TPSA) is 46.2 Å². The first-order chi connectivity index (χ1) is 10.2. The van der Waals surface area contributed by atoms with Crippen LogP contribution in [0, 0.1) is 0 Å². The molecule has 0 spiro atoms. The highest BCUT2D eigenvalue weighted by Gasteiger charge is 2.08. The number of benzene rings is 2. The molecule has 2 aromatic rings. The third-order valence-electron chi connectivity index (χ3n) is 3.41. The molecule has 3 nitrogen and oxygen atoms in total. The minimum Gasteiger partial charge on any atom is -0.352 e. The van der Waals surface area contributed by atoms with Gasteiger partial charge in [0.05, 0.1) is 0 Å². The Morgan fingerprint density at radius 2 is 1.81 bits per heavy atom. The van der Waals surface area contributed by atoms with Gasteiger partial charge >= 0.3 is 0 Å². The second-order valence-electron chi connectivity index (χ2n) is 4.99. The molecule has 0 saturated carbocycles. The van der Waals surface area contributed by atoms with E-state index in [9.17, 15) is 9.59 Å². The van der Waals surface area contributed by atoms with E-state index in [1.807, 2.05) is 56.3 Å². The van der Waals surface area contributed by atoms with Crippen molar-refractivity contribution in [3.63, 3.8) is 0 Å². The number of nitrogens with one attached hydrogen (secondary N) is 1. The predicted octanol–water partition coefficient (Wildman–Crippen LogP) is 3.41. The van der Waals surface area contributed by atoms with E-state index < -0.39 is 0 Å². The van der Waals surface area contributed by atoms with Gasteiger partial charge < -0.3 is 10.1 Å². The van der Waals surface area contributed by atoms with Crippen LogP contribution in [0.5, 0.6) is 0 Å². The molecule has 2 aromatic carbocycles. The molecular weight excluding hydrogens is 262 g/mol. The Balaban J connectivity index is 2.36.